The first kappa shape index (κ1) is 13.8. The van der Waals surface area contributed by atoms with Crippen molar-refractivity contribution in [2.75, 3.05) is 0 Å². The second kappa shape index (κ2) is 8.36. The van der Waals surface area contributed by atoms with Crippen LogP contribution in [0.3, 0.4) is 0 Å². The molecule has 0 aromatic carbocycles. The number of halogens is 1. The van der Waals surface area contributed by atoms with E-state index in [9.17, 15) is 0 Å². The molecule has 0 aliphatic rings. The average molecular weight is 268 g/mol. The van der Waals surface area contributed by atoms with Crippen molar-refractivity contribution >= 4 is 15.2 Å². The number of rotatable bonds is 4. The van der Waals surface area contributed by atoms with Crippen LogP contribution < -0.4 is 24.0 Å². The molecule has 0 N–H and O–H groups in total. The summed E-state index contributed by atoms with van der Waals surface area (Å²) in [7, 11) is 0. The minimum atomic E-state index is 0. The van der Waals surface area contributed by atoms with Gasteiger partial charge in [-0.1, -0.05) is 0 Å². The summed E-state index contributed by atoms with van der Waals surface area (Å²) in [5.74, 6) is 0. The summed E-state index contributed by atoms with van der Waals surface area (Å²) in [6.07, 6.45) is 2.75. The molecule has 0 nitrogen and oxygen atoms in total. The maximum Gasteiger partial charge on any atom is -1.00 e. The summed E-state index contributed by atoms with van der Waals surface area (Å²) in [5.41, 5.74) is 0. The maximum atomic E-state index is 2.38. The molecule has 0 bridgehead atoms. The van der Waals surface area contributed by atoms with Gasteiger partial charge in [0.15, 0.2) is 0 Å². The van der Waals surface area contributed by atoms with Crippen LogP contribution in [0.15, 0.2) is 0 Å². The molecule has 2 atom stereocenters. The van der Waals surface area contributed by atoms with Gasteiger partial charge in [-0.05, 0) is 0 Å². The fourth-order valence-electron chi connectivity index (χ4n) is 0.833. The predicted molar refractivity (Wildman–Crippen MR) is 45.2 cm³/mol. The van der Waals surface area contributed by atoms with Gasteiger partial charge in [0.2, 0.25) is 0 Å². The first-order valence-corrected chi connectivity index (χ1v) is 5.39. The molecule has 0 aliphatic heterocycles. The van der Waals surface area contributed by atoms with E-state index in [0.29, 0.717) is 0 Å². The zero-order chi connectivity index (χ0) is 7.28. The molecule has 0 aromatic heterocycles. The van der Waals surface area contributed by atoms with E-state index in [1.54, 1.807) is 0 Å². The molecule has 2 heteroatoms. The van der Waals surface area contributed by atoms with Crippen molar-refractivity contribution in [1.29, 1.82) is 0 Å². The van der Waals surface area contributed by atoms with Crippen LogP contribution in [0.5, 0.6) is 0 Å². The SMILES string of the molecule is CC[CH](C)[Al+][CH](C)CC.[I-]. The van der Waals surface area contributed by atoms with E-state index < -0.39 is 0 Å². The molecular formula is C8H18AlI. The Bertz CT molecular complexity index is 58.3. The molecule has 0 saturated heterocycles. The zero-order valence-corrected chi connectivity index (χ0v) is 10.8. The van der Waals surface area contributed by atoms with Crippen molar-refractivity contribution < 1.29 is 24.0 Å². The van der Waals surface area contributed by atoms with Crippen molar-refractivity contribution in [2.45, 2.75) is 50.1 Å². The maximum absolute atomic E-state index is 2.38. The van der Waals surface area contributed by atoms with Gasteiger partial charge in [0, 0.05) is 0 Å². The van der Waals surface area contributed by atoms with Gasteiger partial charge in [0.25, 0.3) is 0 Å². The quantitative estimate of drug-likeness (QED) is 0.502. The van der Waals surface area contributed by atoms with E-state index in [0.717, 1.165) is 24.8 Å². The monoisotopic (exact) mass is 268 g/mol. The summed E-state index contributed by atoms with van der Waals surface area (Å²) in [6.45, 7) is 9.34. The minimum Gasteiger partial charge on any atom is -1.00 e. The molecule has 10 heavy (non-hydrogen) atoms. The normalized spacial score (nSPS) is 14.8. The number of hydrogen-bond donors (Lipinski definition) is 0. The van der Waals surface area contributed by atoms with Crippen LogP contribution >= 0.6 is 0 Å². The molecule has 0 radical (unpaired) electrons. The van der Waals surface area contributed by atoms with Gasteiger partial charge < -0.3 is 24.0 Å². The summed E-state index contributed by atoms with van der Waals surface area (Å²) in [5, 5.41) is 0. The molecule has 0 heterocycles. The standard InChI is InChI=1S/2C4H9.Al.HI/c2*1-3-4-2;;/h2*3H,4H2,1-2H3;;1H/q;;+1;/p-1. The Morgan fingerprint density at radius 3 is 1.50 bits per heavy atom. The second-order valence-corrected chi connectivity index (χ2v) is 5.62. The van der Waals surface area contributed by atoms with E-state index in [1.165, 1.54) is 12.8 Å². The largest absolute Gasteiger partial charge is 1.00 e. The second-order valence-electron chi connectivity index (χ2n) is 2.96. The van der Waals surface area contributed by atoms with E-state index >= 15 is 0 Å². The minimum absolute atomic E-state index is 0. The fourth-order valence-corrected chi connectivity index (χ4v) is 2.50. The Kier molecular flexibility index (Phi) is 11.6. The Morgan fingerprint density at radius 2 is 1.30 bits per heavy atom. The molecular weight excluding hydrogens is 250 g/mol. The van der Waals surface area contributed by atoms with Gasteiger partial charge in [-0.2, -0.15) is 0 Å². The zero-order valence-electron chi connectivity index (χ0n) is 7.52. The van der Waals surface area contributed by atoms with Crippen LogP contribution in [-0.2, 0) is 0 Å². The van der Waals surface area contributed by atoms with E-state index in [-0.39, 0.29) is 24.0 Å². The number of hydrogen-bond acceptors (Lipinski definition) is 0. The van der Waals surface area contributed by atoms with Crippen LogP contribution in [0.1, 0.15) is 40.5 Å². The van der Waals surface area contributed by atoms with Gasteiger partial charge in [-0.25, -0.2) is 0 Å². The molecule has 0 aromatic rings. The van der Waals surface area contributed by atoms with Crippen LogP contribution in [-0.4, -0.2) is 15.2 Å². The van der Waals surface area contributed by atoms with Crippen LogP contribution in [0.25, 0.3) is 0 Å². The van der Waals surface area contributed by atoms with Crippen molar-refractivity contribution in [2.24, 2.45) is 0 Å². The first-order valence-electron chi connectivity index (χ1n) is 4.05. The molecule has 0 spiro atoms. The fraction of sp³-hybridized carbons (Fsp3) is 1.00. The third-order valence-corrected chi connectivity index (χ3v) is 4.20. The van der Waals surface area contributed by atoms with E-state index in [4.69, 9.17) is 0 Å². The third kappa shape index (κ3) is 7.37. The molecule has 60 valence electrons. The van der Waals surface area contributed by atoms with Crippen LogP contribution in [0.4, 0.5) is 0 Å². The van der Waals surface area contributed by atoms with Crippen LogP contribution in [0.2, 0.25) is 9.56 Å². The predicted octanol–water partition coefficient (Wildman–Crippen LogP) is 0.131. The summed E-state index contributed by atoms with van der Waals surface area (Å²) in [6, 6.07) is 0. The van der Waals surface area contributed by atoms with Gasteiger partial charge in [-0.3, -0.25) is 0 Å². The van der Waals surface area contributed by atoms with Crippen molar-refractivity contribution in [3.63, 3.8) is 0 Å². The smallest absolute Gasteiger partial charge is 1.00 e. The van der Waals surface area contributed by atoms with Gasteiger partial charge in [0.05, 0.1) is 0 Å². The molecule has 0 aliphatic carbocycles. The summed E-state index contributed by atoms with van der Waals surface area (Å²) in [4.78, 5) is 0. The van der Waals surface area contributed by atoms with E-state index in [2.05, 4.69) is 27.7 Å². The molecule has 0 rings (SSSR count). The summed E-state index contributed by atoms with van der Waals surface area (Å²) < 4.78 is 2.03. The van der Waals surface area contributed by atoms with Gasteiger partial charge >= 0.3 is 65.3 Å². The molecule has 0 fully saturated rings. The Balaban J connectivity index is 0. The Labute approximate surface area is 88.9 Å². The molecule has 0 saturated carbocycles. The van der Waals surface area contributed by atoms with Crippen molar-refractivity contribution in [3.8, 4) is 0 Å². The van der Waals surface area contributed by atoms with Crippen molar-refractivity contribution in [3.05, 3.63) is 0 Å². The van der Waals surface area contributed by atoms with Crippen molar-refractivity contribution in [1.82, 2.24) is 0 Å². The average Bonchev–Trinajstić information content (AvgIpc) is 1.87. The third-order valence-electron chi connectivity index (χ3n) is 1.94. The van der Waals surface area contributed by atoms with Crippen LogP contribution in [0, 0.1) is 0 Å². The Morgan fingerprint density at radius 1 is 1.00 bits per heavy atom. The van der Waals surface area contributed by atoms with Gasteiger partial charge in [-0.15, -0.1) is 0 Å². The first-order chi connectivity index (χ1) is 4.20. The Hall–Kier alpha value is 1.26. The van der Waals surface area contributed by atoms with E-state index in [1.807, 2.05) is 0 Å². The molecule has 0 amide bonds. The topological polar surface area (TPSA) is 0 Å². The molecule has 2 unspecified atom stereocenters. The van der Waals surface area contributed by atoms with Gasteiger partial charge in [0.1, 0.15) is 0 Å². The summed E-state index contributed by atoms with van der Waals surface area (Å²) >= 11 is 0.720.